The van der Waals surface area contributed by atoms with Gasteiger partial charge < -0.3 is 5.32 Å². The molecule has 1 amide bonds. The number of carbonyl (C=O) groups is 1. The highest BCUT2D eigenvalue weighted by Crippen LogP contribution is 2.22. The maximum atomic E-state index is 13.1. The molecule has 0 atom stereocenters. The summed E-state index contributed by atoms with van der Waals surface area (Å²) in [6.07, 6.45) is 7.39. The van der Waals surface area contributed by atoms with Gasteiger partial charge in [-0.1, -0.05) is 37.3 Å². The van der Waals surface area contributed by atoms with Gasteiger partial charge in [-0.2, -0.15) is 0 Å². The second kappa shape index (κ2) is 7.76. The molecule has 0 saturated heterocycles. The fourth-order valence-corrected chi connectivity index (χ4v) is 3.01. The molecule has 1 aliphatic rings. The van der Waals surface area contributed by atoms with E-state index in [1.54, 1.807) is 0 Å². The molecule has 1 aliphatic carbocycles. The van der Waals surface area contributed by atoms with Gasteiger partial charge in [0.25, 0.3) is 0 Å². The molecule has 0 aromatic heterocycles. The van der Waals surface area contributed by atoms with Crippen LogP contribution in [-0.2, 0) is 4.79 Å². The minimum atomic E-state index is -0.481. The number of anilines is 1. The molecular formula is C16H22ClFN2O. The average Bonchev–Trinajstić information content (AvgIpc) is 2.72. The van der Waals surface area contributed by atoms with Crippen molar-refractivity contribution in [2.45, 2.75) is 44.6 Å². The van der Waals surface area contributed by atoms with Crippen LogP contribution in [0.5, 0.6) is 0 Å². The molecule has 2 rings (SSSR count). The van der Waals surface area contributed by atoms with Crippen molar-refractivity contribution in [1.29, 1.82) is 0 Å². The van der Waals surface area contributed by atoms with Gasteiger partial charge in [0.05, 0.1) is 11.6 Å². The molecular weight excluding hydrogens is 291 g/mol. The highest BCUT2D eigenvalue weighted by molar-refractivity contribution is 6.31. The van der Waals surface area contributed by atoms with Crippen LogP contribution in [0.4, 0.5) is 10.1 Å². The molecule has 0 heterocycles. The van der Waals surface area contributed by atoms with Crippen molar-refractivity contribution in [2.75, 3.05) is 18.9 Å². The lowest BCUT2D eigenvalue weighted by molar-refractivity contribution is -0.117. The zero-order chi connectivity index (χ0) is 15.2. The van der Waals surface area contributed by atoms with E-state index in [9.17, 15) is 9.18 Å². The van der Waals surface area contributed by atoms with Crippen molar-refractivity contribution < 1.29 is 9.18 Å². The summed E-state index contributed by atoms with van der Waals surface area (Å²) >= 11 is 5.71. The Morgan fingerprint density at radius 1 is 1.33 bits per heavy atom. The van der Waals surface area contributed by atoms with Crippen molar-refractivity contribution in [1.82, 2.24) is 4.90 Å². The Kier molecular flexibility index (Phi) is 6.00. The Bertz CT molecular complexity index is 487. The van der Waals surface area contributed by atoms with Gasteiger partial charge in [-0.05, 0) is 38.1 Å². The standard InChI is InChI=1S/C16H22ClFN2O/c1-20(13-6-4-2-3-5-7-13)11-16(21)19-12-8-9-15(18)14(17)10-12/h8-10,13H,2-7,11H2,1H3,(H,19,21). The molecule has 1 N–H and O–H groups in total. The smallest absolute Gasteiger partial charge is 0.238 e. The Morgan fingerprint density at radius 2 is 2.00 bits per heavy atom. The largest absolute Gasteiger partial charge is 0.325 e. The lowest BCUT2D eigenvalue weighted by Gasteiger charge is -2.26. The van der Waals surface area contributed by atoms with Crippen molar-refractivity contribution in [3.63, 3.8) is 0 Å². The number of halogens is 2. The molecule has 1 aromatic carbocycles. The SMILES string of the molecule is CN(CC(=O)Nc1ccc(F)c(Cl)c1)C1CCCCCC1. The quantitative estimate of drug-likeness (QED) is 0.850. The first kappa shape index (κ1) is 16.2. The molecule has 21 heavy (non-hydrogen) atoms. The molecule has 1 aromatic rings. The van der Waals surface area contributed by atoms with Crippen LogP contribution in [0.3, 0.4) is 0 Å². The van der Waals surface area contributed by atoms with Gasteiger partial charge in [0, 0.05) is 11.7 Å². The molecule has 0 bridgehead atoms. The van der Waals surface area contributed by atoms with Crippen LogP contribution in [0, 0.1) is 5.82 Å². The lowest BCUT2D eigenvalue weighted by atomic mass is 10.1. The first-order valence-corrected chi connectivity index (χ1v) is 7.89. The Labute approximate surface area is 130 Å². The number of benzene rings is 1. The summed E-state index contributed by atoms with van der Waals surface area (Å²) in [5, 5.41) is 2.78. The molecule has 0 unspecified atom stereocenters. The predicted molar refractivity (Wildman–Crippen MR) is 84.2 cm³/mol. The fourth-order valence-electron chi connectivity index (χ4n) is 2.83. The molecule has 0 spiro atoms. The molecule has 1 fully saturated rings. The third-order valence-electron chi connectivity index (χ3n) is 4.04. The van der Waals surface area contributed by atoms with E-state index in [1.807, 2.05) is 7.05 Å². The summed E-state index contributed by atoms with van der Waals surface area (Å²) in [5.74, 6) is -0.574. The number of rotatable bonds is 4. The molecule has 116 valence electrons. The molecule has 0 aliphatic heterocycles. The van der Waals surface area contributed by atoms with Crippen molar-refractivity contribution in [3.05, 3.63) is 29.0 Å². The summed E-state index contributed by atoms with van der Waals surface area (Å²) in [7, 11) is 1.99. The van der Waals surface area contributed by atoms with E-state index in [1.165, 1.54) is 43.9 Å². The fraction of sp³-hybridized carbons (Fsp3) is 0.562. The highest BCUT2D eigenvalue weighted by atomic mass is 35.5. The molecule has 1 saturated carbocycles. The number of amides is 1. The van der Waals surface area contributed by atoms with Gasteiger partial charge >= 0.3 is 0 Å². The van der Waals surface area contributed by atoms with Crippen LogP contribution in [0.1, 0.15) is 38.5 Å². The van der Waals surface area contributed by atoms with E-state index < -0.39 is 5.82 Å². The summed E-state index contributed by atoms with van der Waals surface area (Å²) in [6.45, 7) is 0.347. The van der Waals surface area contributed by atoms with Crippen LogP contribution < -0.4 is 5.32 Å². The summed E-state index contributed by atoms with van der Waals surface area (Å²) in [6, 6.07) is 4.69. The zero-order valence-corrected chi connectivity index (χ0v) is 13.1. The first-order valence-electron chi connectivity index (χ1n) is 7.51. The normalized spacial score (nSPS) is 16.8. The number of hydrogen-bond donors (Lipinski definition) is 1. The minimum absolute atomic E-state index is 0.0184. The van der Waals surface area contributed by atoms with Gasteiger partial charge in [-0.25, -0.2) is 4.39 Å². The number of nitrogens with one attached hydrogen (secondary N) is 1. The van der Waals surface area contributed by atoms with Crippen LogP contribution in [0.15, 0.2) is 18.2 Å². The second-order valence-electron chi connectivity index (χ2n) is 5.74. The van der Waals surface area contributed by atoms with E-state index in [-0.39, 0.29) is 10.9 Å². The van der Waals surface area contributed by atoms with E-state index in [0.29, 0.717) is 18.3 Å². The first-order chi connectivity index (χ1) is 10.1. The summed E-state index contributed by atoms with van der Waals surface area (Å²) < 4.78 is 13.1. The third kappa shape index (κ3) is 4.97. The summed E-state index contributed by atoms with van der Waals surface area (Å²) in [4.78, 5) is 14.2. The summed E-state index contributed by atoms with van der Waals surface area (Å²) in [5.41, 5.74) is 0.528. The van der Waals surface area contributed by atoms with E-state index in [2.05, 4.69) is 10.2 Å². The number of hydrogen-bond acceptors (Lipinski definition) is 2. The zero-order valence-electron chi connectivity index (χ0n) is 12.4. The Hall–Kier alpha value is -1.13. The Morgan fingerprint density at radius 3 is 2.62 bits per heavy atom. The topological polar surface area (TPSA) is 32.3 Å². The maximum Gasteiger partial charge on any atom is 0.238 e. The maximum absolute atomic E-state index is 13.1. The van der Waals surface area contributed by atoms with Crippen LogP contribution in [0.2, 0.25) is 5.02 Å². The lowest BCUT2D eigenvalue weighted by Crippen LogP contribution is -2.37. The average molecular weight is 313 g/mol. The predicted octanol–water partition coefficient (Wildman–Crippen LogP) is 4.07. The number of carbonyl (C=O) groups excluding carboxylic acids is 1. The highest BCUT2D eigenvalue weighted by Gasteiger charge is 2.19. The van der Waals surface area contributed by atoms with Gasteiger partial charge in [0.1, 0.15) is 5.82 Å². The van der Waals surface area contributed by atoms with Crippen LogP contribution in [0.25, 0.3) is 0 Å². The van der Waals surface area contributed by atoms with Crippen LogP contribution >= 0.6 is 11.6 Å². The van der Waals surface area contributed by atoms with Gasteiger partial charge in [0.2, 0.25) is 5.91 Å². The van der Waals surface area contributed by atoms with Gasteiger partial charge in [-0.3, -0.25) is 9.69 Å². The van der Waals surface area contributed by atoms with Gasteiger partial charge in [0.15, 0.2) is 0 Å². The third-order valence-corrected chi connectivity index (χ3v) is 4.33. The molecule has 3 nitrogen and oxygen atoms in total. The van der Waals surface area contributed by atoms with Crippen molar-refractivity contribution >= 4 is 23.2 Å². The van der Waals surface area contributed by atoms with E-state index in [4.69, 9.17) is 11.6 Å². The van der Waals surface area contributed by atoms with Crippen LogP contribution in [-0.4, -0.2) is 30.4 Å². The van der Waals surface area contributed by atoms with Crippen molar-refractivity contribution in [3.8, 4) is 0 Å². The van der Waals surface area contributed by atoms with Crippen molar-refractivity contribution in [2.24, 2.45) is 0 Å². The molecule has 0 radical (unpaired) electrons. The minimum Gasteiger partial charge on any atom is -0.325 e. The number of nitrogens with zero attached hydrogens (tertiary/aromatic N) is 1. The Balaban J connectivity index is 1.86. The second-order valence-corrected chi connectivity index (χ2v) is 6.14. The number of likely N-dealkylation sites (N-methyl/N-ethyl adjacent to an activating group) is 1. The monoisotopic (exact) mass is 312 g/mol. The van der Waals surface area contributed by atoms with E-state index >= 15 is 0 Å². The van der Waals surface area contributed by atoms with E-state index in [0.717, 1.165) is 12.8 Å². The van der Waals surface area contributed by atoms with Gasteiger partial charge in [-0.15, -0.1) is 0 Å². The molecule has 5 heteroatoms.